The van der Waals surface area contributed by atoms with Crippen LogP contribution in [0.4, 0.5) is 5.69 Å². The fourth-order valence-electron chi connectivity index (χ4n) is 2.87. The minimum absolute atomic E-state index is 0.218. The van der Waals surface area contributed by atoms with Gasteiger partial charge in [0.05, 0.1) is 6.61 Å². The first-order valence-corrected chi connectivity index (χ1v) is 9.86. The smallest absolute Gasteiger partial charge is 0.255 e. The Balaban J connectivity index is 1.79. The Morgan fingerprint density at radius 1 is 1.00 bits per heavy atom. The number of carbonyl (C=O) groups is 1. The fourth-order valence-corrected chi connectivity index (χ4v) is 3.05. The van der Waals surface area contributed by atoms with E-state index >= 15 is 0 Å². The highest BCUT2D eigenvalue weighted by atomic mass is 35.5. The van der Waals surface area contributed by atoms with Crippen LogP contribution >= 0.6 is 11.6 Å². The second-order valence-corrected chi connectivity index (χ2v) is 7.19. The lowest BCUT2D eigenvalue weighted by molar-refractivity contribution is 0.102. The molecule has 150 valence electrons. The van der Waals surface area contributed by atoms with Crippen LogP contribution in [0.15, 0.2) is 60.7 Å². The van der Waals surface area contributed by atoms with Gasteiger partial charge in [0.15, 0.2) is 0 Å². The largest absolute Gasteiger partial charge is 0.493 e. The topological polar surface area (TPSA) is 47.6 Å². The second-order valence-electron chi connectivity index (χ2n) is 6.78. The Hall–Kier alpha value is -2.98. The highest BCUT2D eigenvalue weighted by Gasteiger charge is 2.12. The van der Waals surface area contributed by atoms with Crippen LogP contribution in [0, 0.1) is 13.8 Å². The molecule has 0 saturated carbocycles. The van der Waals surface area contributed by atoms with Gasteiger partial charge in [-0.3, -0.25) is 4.79 Å². The Labute approximate surface area is 176 Å². The lowest BCUT2D eigenvalue weighted by atomic mass is 10.1. The number of aryl methyl sites for hydroxylation is 2. The number of hydrogen-bond donors (Lipinski definition) is 1. The van der Waals surface area contributed by atoms with Gasteiger partial charge in [0, 0.05) is 21.8 Å². The molecule has 3 aromatic carbocycles. The number of carbonyl (C=O) groups excluding carboxylic acids is 1. The molecule has 1 N–H and O–H groups in total. The van der Waals surface area contributed by atoms with Gasteiger partial charge in [0.2, 0.25) is 0 Å². The maximum atomic E-state index is 12.7. The van der Waals surface area contributed by atoms with E-state index in [0.717, 1.165) is 22.4 Å². The SMILES string of the molecule is CCOc1ccc(C(=O)Nc2ccc(C)c(Cl)c2)cc1COc1cccc(C)c1. The summed E-state index contributed by atoms with van der Waals surface area (Å²) >= 11 is 6.15. The van der Waals surface area contributed by atoms with Crippen molar-refractivity contribution in [3.63, 3.8) is 0 Å². The van der Waals surface area contributed by atoms with Crippen molar-refractivity contribution < 1.29 is 14.3 Å². The molecule has 3 aromatic rings. The summed E-state index contributed by atoms with van der Waals surface area (Å²) in [6, 6.07) is 18.6. The van der Waals surface area contributed by atoms with Crippen molar-refractivity contribution >= 4 is 23.2 Å². The Bertz CT molecular complexity index is 1020. The minimum Gasteiger partial charge on any atom is -0.493 e. The number of anilines is 1. The molecule has 0 aliphatic heterocycles. The molecule has 3 rings (SSSR count). The van der Waals surface area contributed by atoms with E-state index in [2.05, 4.69) is 5.32 Å². The Kier molecular flexibility index (Phi) is 6.78. The molecule has 0 radical (unpaired) electrons. The van der Waals surface area contributed by atoms with Gasteiger partial charge in [-0.2, -0.15) is 0 Å². The van der Waals surface area contributed by atoms with E-state index in [1.807, 2.05) is 57.2 Å². The van der Waals surface area contributed by atoms with Crippen molar-refractivity contribution in [2.75, 3.05) is 11.9 Å². The summed E-state index contributed by atoms with van der Waals surface area (Å²) in [4.78, 5) is 12.7. The molecule has 1 amide bonds. The molecule has 0 saturated heterocycles. The van der Waals surface area contributed by atoms with Crippen molar-refractivity contribution in [2.24, 2.45) is 0 Å². The van der Waals surface area contributed by atoms with Gasteiger partial charge in [-0.05, 0) is 74.4 Å². The average Bonchev–Trinajstić information content (AvgIpc) is 2.70. The van der Waals surface area contributed by atoms with Crippen molar-refractivity contribution in [2.45, 2.75) is 27.4 Å². The molecule has 0 aromatic heterocycles. The van der Waals surface area contributed by atoms with Gasteiger partial charge in [-0.1, -0.05) is 29.8 Å². The summed E-state index contributed by atoms with van der Waals surface area (Å²) in [5.41, 5.74) is 4.06. The van der Waals surface area contributed by atoms with E-state index < -0.39 is 0 Å². The maximum Gasteiger partial charge on any atom is 0.255 e. The van der Waals surface area contributed by atoms with Crippen LogP contribution in [0.3, 0.4) is 0 Å². The zero-order valence-corrected chi connectivity index (χ0v) is 17.5. The molecule has 0 atom stereocenters. The van der Waals surface area contributed by atoms with Gasteiger partial charge in [0.25, 0.3) is 5.91 Å². The lowest BCUT2D eigenvalue weighted by Crippen LogP contribution is -2.13. The zero-order chi connectivity index (χ0) is 20.8. The first-order chi connectivity index (χ1) is 14.0. The van der Waals surface area contributed by atoms with Crippen LogP contribution in [-0.2, 0) is 6.61 Å². The van der Waals surface area contributed by atoms with Crippen molar-refractivity contribution in [3.8, 4) is 11.5 Å². The number of hydrogen-bond acceptors (Lipinski definition) is 3. The first-order valence-electron chi connectivity index (χ1n) is 9.49. The summed E-state index contributed by atoms with van der Waals surface area (Å²) in [6.45, 7) is 6.69. The quantitative estimate of drug-likeness (QED) is 0.506. The van der Waals surface area contributed by atoms with Crippen LogP contribution in [0.5, 0.6) is 11.5 Å². The van der Waals surface area contributed by atoms with E-state index in [-0.39, 0.29) is 5.91 Å². The molecule has 0 fully saturated rings. The van der Waals surface area contributed by atoms with E-state index in [0.29, 0.717) is 35.2 Å². The predicted molar refractivity (Wildman–Crippen MR) is 117 cm³/mol. The number of ether oxygens (including phenoxy) is 2. The van der Waals surface area contributed by atoms with Gasteiger partial charge in [0.1, 0.15) is 18.1 Å². The van der Waals surface area contributed by atoms with Gasteiger partial charge in [-0.25, -0.2) is 0 Å². The van der Waals surface area contributed by atoms with Gasteiger partial charge >= 0.3 is 0 Å². The standard InChI is InChI=1S/C24H24ClNO3/c1-4-28-23-11-9-18(24(27)26-20-10-8-17(3)22(25)14-20)13-19(23)15-29-21-7-5-6-16(2)12-21/h5-14H,4,15H2,1-3H3,(H,26,27). The average molecular weight is 410 g/mol. The summed E-state index contributed by atoms with van der Waals surface area (Å²) < 4.78 is 11.6. The number of benzene rings is 3. The maximum absolute atomic E-state index is 12.7. The van der Waals surface area contributed by atoms with Crippen LogP contribution in [0.25, 0.3) is 0 Å². The zero-order valence-electron chi connectivity index (χ0n) is 16.8. The normalized spacial score (nSPS) is 10.5. The number of rotatable bonds is 7. The fraction of sp³-hybridized carbons (Fsp3) is 0.208. The van der Waals surface area contributed by atoms with Crippen LogP contribution in [-0.4, -0.2) is 12.5 Å². The van der Waals surface area contributed by atoms with E-state index in [4.69, 9.17) is 21.1 Å². The predicted octanol–water partition coefficient (Wildman–Crippen LogP) is 6.19. The summed E-state index contributed by atoms with van der Waals surface area (Å²) in [7, 11) is 0. The van der Waals surface area contributed by atoms with Crippen molar-refractivity contribution in [1.82, 2.24) is 0 Å². The molecule has 0 unspecified atom stereocenters. The van der Waals surface area contributed by atoms with Crippen LogP contribution in [0.1, 0.15) is 34.0 Å². The number of amides is 1. The van der Waals surface area contributed by atoms with Gasteiger partial charge in [-0.15, -0.1) is 0 Å². The van der Waals surface area contributed by atoms with Crippen LogP contribution < -0.4 is 14.8 Å². The molecular formula is C24H24ClNO3. The van der Waals surface area contributed by atoms with Crippen molar-refractivity contribution in [1.29, 1.82) is 0 Å². The van der Waals surface area contributed by atoms with Gasteiger partial charge < -0.3 is 14.8 Å². The second kappa shape index (κ2) is 9.48. The third-order valence-corrected chi connectivity index (χ3v) is 4.84. The lowest BCUT2D eigenvalue weighted by Gasteiger charge is -2.14. The molecule has 29 heavy (non-hydrogen) atoms. The molecule has 0 aliphatic carbocycles. The number of halogens is 1. The third kappa shape index (κ3) is 5.52. The minimum atomic E-state index is -0.218. The van der Waals surface area contributed by atoms with Crippen LogP contribution in [0.2, 0.25) is 5.02 Å². The summed E-state index contributed by atoms with van der Waals surface area (Å²) in [5.74, 6) is 1.26. The van der Waals surface area contributed by atoms with E-state index in [1.165, 1.54) is 0 Å². The number of nitrogens with one attached hydrogen (secondary N) is 1. The molecule has 4 nitrogen and oxygen atoms in total. The Morgan fingerprint density at radius 3 is 2.55 bits per heavy atom. The summed E-state index contributed by atoms with van der Waals surface area (Å²) in [6.07, 6.45) is 0. The van der Waals surface area contributed by atoms with E-state index in [1.54, 1.807) is 24.3 Å². The highest BCUT2D eigenvalue weighted by Crippen LogP contribution is 2.25. The summed E-state index contributed by atoms with van der Waals surface area (Å²) in [5, 5.41) is 3.49. The third-order valence-electron chi connectivity index (χ3n) is 4.44. The first kappa shape index (κ1) is 20.7. The van der Waals surface area contributed by atoms with Crippen molar-refractivity contribution in [3.05, 3.63) is 87.9 Å². The molecule has 0 aliphatic rings. The molecular weight excluding hydrogens is 386 g/mol. The highest BCUT2D eigenvalue weighted by molar-refractivity contribution is 6.31. The Morgan fingerprint density at radius 2 is 1.83 bits per heavy atom. The monoisotopic (exact) mass is 409 g/mol. The molecule has 0 bridgehead atoms. The molecule has 0 heterocycles. The molecule has 0 spiro atoms. The van der Waals surface area contributed by atoms with E-state index in [9.17, 15) is 4.79 Å². The molecule has 5 heteroatoms.